The van der Waals surface area contributed by atoms with Crippen LogP contribution in [-0.4, -0.2) is 31.1 Å². The van der Waals surface area contributed by atoms with E-state index in [-0.39, 0.29) is 17.9 Å². The first-order valence-corrected chi connectivity index (χ1v) is 10.6. The largest absolute Gasteiger partial charge is 0.376 e. The first-order chi connectivity index (χ1) is 15.2. The fourth-order valence-electron chi connectivity index (χ4n) is 3.82. The number of ether oxygens (including phenoxy) is 1. The van der Waals surface area contributed by atoms with Crippen molar-refractivity contribution >= 4 is 17.5 Å². The van der Waals surface area contributed by atoms with E-state index in [1.807, 2.05) is 60.7 Å². The van der Waals surface area contributed by atoms with E-state index in [2.05, 4.69) is 10.6 Å². The molecule has 4 rings (SSSR count). The van der Waals surface area contributed by atoms with Crippen LogP contribution in [0.3, 0.4) is 0 Å². The Balaban J connectivity index is 1.43. The van der Waals surface area contributed by atoms with Crippen LogP contribution in [-0.2, 0) is 9.53 Å². The summed E-state index contributed by atoms with van der Waals surface area (Å²) in [5, 5.41) is 5.90. The summed E-state index contributed by atoms with van der Waals surface area (Å²) in [7, 11) is 0. The Morgan fingerprint density at radius 1 is 0.871 bits per heavy atom. The van der Waals surface area contributed by atoms with Gasteiger partial charge in [0.1, 0.15) is 0 Å². The molecule has 0 radical (unpaired) electrons. The van der Waals surface area contributed by atoms with Gasteiger partial charge in [-0.3, -0.25) is 9.59 Å². The van der Waals surface area contributed by atoms with Gasteiger partial charge in [0.2, 0.25) is 5.91 Å². The number of carbonyl (C=O) groups excluding carboxylic acids is 2. The van der Waals surface area contributed by atoms with Gasteiger partial charge in [0.05, 0.1) is 12.0 Å². The molecule has 5 heteroatoms. The quantitative estimate of drug-likeness (QED) is 0.603. The van der Waals surface area contributed by atoms with E-state index in [0.29, 0.717) is 17.8 Å². The number of nitrogens with one attached hydrogen (secondary N) is 2. The smallest absolute Gasteiger partial charge is 0.251 e. The summed E-state index contributed by atoms with van der Waals surface area (Å²) in [6.45, 7) is 1.29. The van der Waals surface area contributed by atoms with Crippen molar-refractivity contribution in [1.82, 2.24) is 5.32 Å². The summed E-state index contributed by atoms with van der Waals surface area (Å²) in [5.41, 5.74) is 3.06. The minimum atomic E-state index is -0.420. The van der Waals surface area contributed by atoms with Crippen LogP contribution in [0.1, 0.15) is 40.2 Å². The molecule has 2 N–H and O–H groups in total. The van der Waals surface area contributed by atoms with Gasteiger partial charge in [-0.1, -0.05) is 60.7 Å². The van der Waals surface area contributed by atoms with E-state index in [4.69, 9.17) is 4.74 Å². The van der Waals surface area contributed by atoms with Gasteiger partial charge < -0.3 is 15.4 Å². The van der Waals surface area contributed by atoms with Crippen LogP contribution in [0.15, 0.2) is 84.9 Å². The zero-order valence-electron chi connectivity index (χ0n) is 17.3. The molecular formula is C26H26N2O3. The SMILES string of the molecule is O=C(NCC1CCCO1)c1ccc(NC(=O)C(c2ccccc2)c2ccccc2)cc1. The molecule has 0 aliphatic carbocycles. The molecule has 5 nitrogen and oxygen atoms in total. The topological polar surface area (TPSA) is 67.4 Å². The third-order valence-corrected chi connectivity index (χ3v) is 5.46. The number of rotatable bonds is 7. The number of carbonyl (C=O) groups is 2. The zero-order valence-corrected chi connectivity index (χ0v) is 17.3. The van der Waals surface area contributed by atoms with E-state index in [1.165, 1.54) is 0 Å². The summed E-state index contributed by atoms with van der Waals surface area (Å²) < 4.78 is 5.54. The van der Waals surface area contributed by atoms with Gasteiger partial charge >= 0.3 is 0 Å². The Morgan fingerprint density at radius 3 is 2.03 bits per heavy atom. The molecule has 1 unspecified atom stereocenters. The standard InChI is InChI=1S/C26H26N2O3/c29-25(27-18-23-12-7-17-31-23)21-13-15-22(16-14-21)28-26(30)24(19-8-3-1-4-9-19)20-10-5-2-6-11-20/h1-6,8-11,13-16,23-24H,7,12,17-18H2,(H,27,29)(H,28,30). The van der Waals surface area contributed by atoms with Crippen LogP contribution in [0, 0.1) is 0 Å². The number of anilines is 1. The lowest BCUT2D eigenvalue weighted by molar-refractivity contribution is -0.116. The molecule has 2 amide bonds. The highest BCUT2D eigenvalue weighted by molar-refractivity contribution is 5.99. The Labute approximate surface area is 182 Å². The number of amides is 2. The molecule has 0 spiro atoms. The summed E-state index contributed by atoms with van der Waals surface area (Å²) >= 11 is 0. The second kappa shape index (κ2) is 10.0. The van der Waals surface area contributed by atoms with E-state index >= 15 is 0 Å². The highest BCUT2D eigenvalue weighted by Gasteiger charge is 2.23. The third-order valence-electron chi connectivity index (χ3n) is 5.46. The van der Waals surface area contributed by atoms with Crippen LogP contribution >= 0.6 is 0 Å². The second-order valence-corrected chi connectivity index (χ2v) is 7.67. The predicted molar refractivity (Wildman–Crippen MR) is 121 cm³/mol. The van der Waals surface area contributed by atoms with Crippen molar-refractivity contribution in [1.29, 1.82) is 0 Å². The summed E-state index contributed by atoms with van der Waals surface area (Å²) in [6.07, 6.45) is 2.13. The van der Waals surface area contributed by atoms with Crippen molar-refractivity contribution in [3.8, 4) is 0 Å². The Morgan fingerprint density at radius 2 is 1.48 bits per heavy atom. The van der Waals surface area contributed by atoms with E-state index in [0.717, 1.165) is 30.6 Å². The predicted octanol–water partition coefficient (Wildman–Crippen LogP) is 4.37. The fraction of sp³-hybridized carbons (Fsp3) is 0.231. The maximum absolute atomic E-state index is 13.2. The van der Waals surface area contributed by atoms with Gasteiger partial charge in [0.25, 0.3) is 5.91 Å². The van der Waals surface area contributed by atoms with Crippen molar-refractivity contribution in [2.75, 3.05) is 18.5 Å². The van der Waals surface area contributed by atoms with Crippen LogP contribution in [0.25, 0.3) is 0 Å². The highest BCUT2D eigenvalue weighted by Crippen LogP contribution is 2.26. The minimum Gasteiger partial charge on any atom is -0.376 e. The molecule has 1 heterocycles. The van der Waals surface area contributed by atoms with Crippen molar-refractivity contribution < 1.29 is 14.3 Å². The molecule has 1 atom stereocenters. The number of hydrogen-bond donors (Lipinski definition) is 2. The third kappa shape index (κ3) is 5.38. The number of benzene rings is 3. The Hall–Kier alpha value is -3.44. The summed E-state index contributed by atoms with van der Waals surface area (Å²) in [6, 6.07) is 26.4. The Bertz CT molecular complexity index is 958. The van der Waals surface area contributed by atoms with Gasteiger partial charge in [0.15, 0.2) is 0 Å². The monoisotopic (exact) mass is 414 g/mol. The molecule has 1 fully saturated rings. The summed E-state index contributed by atoms with van der Waals surface area (Å²) in [5.74, 6) is -0.676. The normalized spacial score (nSPS) is 15.6. The molecule has 1 saturated heterocycles. The molecule has 158 valence electrons. The maximum Gasteiger partial charge on any atom is 0.251 e. The van der Waals surface area contributed by atoms with Gasteiger partial charge in [-0.2, -0.15) is 0 Å². The molecule has 0 saturated carbocycles. The van der Waals surface area contributed by atoms with Crippen LogP contribution < -0.4 is 10.6 Å². The lowest BCUT2D eigenvalue weighted by atomic mass is 9.90. The van der Waals surface area contributed by atoms with Gasteiger partial charge in [-0.25, -0.2) is 0 Å². The molecule has 1 aliphatic rings. The molecule has 0 aromatic heterocycles. The second-order valence-electron chi connectivity index (χ2n) is 7.67. The first kappa shape index (κ1) is 20.8. The van der Waals surface area contributed by atoms with Gasteiger partial charge in [-0.05, 0) is 48.2 Å². The molecule has 0 bridgehead atoms. The molecular weight excluding hydrogens is 388 g/mol. The van der Waals surface area contributed by atoms with Crippen LogP contribution in [0.2, 0.25) is 0 Å². The van der Waals surface area contributed by atoms with Gasteiger partial charge in [0, 0.05) is 24.4 Å². The Kier molecular flexibility index (Phi) is 6.75. The van der Waals surface area contributed by atoms with Crippen molar-refractivity contribution in [2.24, 2.45) is 0 Å². The van der Waals surface area contributed by atoms with Crippen molar-refractivity contribution in [3.05, 3.63) is 102 Å². The lowest BCUT2D eigenvalue weighted by Gasteiger charge is -2.18. The fourth-order valence-corrected chi connectivity index (χ4v) is 3.82. The van der Waals surface area contributed by atoms with Crippen molar-refractivity contribution in [3.63, 3.8) is 0 Å². The van der Waals surface area contributed by atoms with E-state index in [9.17, 15) is 9.59 Å². The van der Waals surface area contributed by atoms with Crippen molar-refractivity contribution in [2.45, 2.75) is 24.9 Å². The highest BCUT2D eigenvalue weighted by atomic mass is 16.5. The van der Waals surface area contributed by atoms with E-state index in [1.54, 1.807) is 24.3 Å². The van der Waals surface area contributed by atoms with Gasteiger partial charge in [-0.15, -0.1) is 0 Å². The first-order valence-electron chi connectivity index (χ1n) is 10.6. The number of hydrogen-bond acceptors (Lipinski definition) is 3. The minimum absolute atomic E-state index is 0.107. The summed E-state index contributed by atoms with van der Waals surface area (Å²) in [4.78, 5) is 25.5. The molecule has 1 aliphatic heterocycles. The lowest BCUT2D eigenvalue weighted by Crippen LogP contribution is -2.31. The molecule has 31 heavy (non-hydrogen) atoms. The maximum atomic E-state index is 13.2. The zero-order chi connectivity index (χ0) is 21.5. The van der Waals surface area contributed by atoms with Crippen LogP contribution in [0.5, 0.6) is 0 Å². The molecule has 3 aromatic rings. The molecule has 3 aromatic carbocycles. The van der Waals surface area contributed by atoms with E-state index < -0.39 is 5.92 Å². The average molecular weight is 415 g/mol. The van der Waals surface area contributed by atoms with Crippen LogP contribution in [0.4, 0.5) is 5.69 Å². The average Bonchev–Trinajstić information content (AvgIpc) is 3.33.